The number of hydrogen-bond donors (Lipinski definition) is 23. The van der Waals surface area contributed by atoms with Gasteiger partial charge in [-0.1, -0.05) is 123 Å². The zero-order valence-corrected chi connectivity index (χ0v) is 74.5. The molecule has 15 amide bonds. The van der Waals surface area contributed by atoms with Gasteiger partial charge in [-0.05, 0) is 94.0 Å². The monoisotopic (exact) mass is 1870 g/mol. The highest BCUT2D eigenvalue weighted by atomic mass is 32.2. The molecule has 45 heteroatoms. The summed E-state index contributed by atoms with van der Waals surface area (Å²) in [5.74, 6) is -18.0. The fourth-order valence-electron chi connectivity index (χ4n) is 14.8. The number of hydrogen-bond acceptors (Lipinski definition) is 25. The maximum absolute atomic E-state index is 15.3. The van der Waals surface area contributed by atoms with Crippen LogP contribution >= 0.6 is 0 Å². The number of H-pyrrole nitrogens is 2. The molecule has 133 heavy (non-hydrogen) atoms. The van der Waals surface area contributed by atoms with Gasteiger partial charge in [0.25, 0.3) is 0 Å². The molecule has 2 aliphatic heterocycles. The van der Waals surface area contributed by atoms with E-state index in [-0.39, 0.29) is 88.9 Å². The van der Waals surface area contributed by atoms with Crippen molar-refractivity contribution < 1.29 is 105 Å². The fraction of sp³-hybridized carbons (Fsp3) is 0.466. The summed E-state index contributed by atoms with van der Waals surface area (Å²) in [5, 5.41) is 74.1. The molecule has 8 rings (SSSR count). The third kappa shape index (κ3) is 33.5. The number of aromatic amines is 2. The number of fused-ring (bicyclic) bond motifs is 2. The minimum Gasteiger partial charge on any atom is -0.394 e. The Morgan fingerprint density at radius 1 is 0.617 bits per heavy atom. The van der Waals surface area contributed by atoms with Crippen LogP contribution in [-0.4, -0.2) is 274 Å². The average molecular weight is 1870 g/mol. The summed E-state index contributed by atoms with van der Waals surface area (Å²) in [6.45, 7) is -0.549. The number of nitrogens with two attached hydrogens (primary N) is 3. The molecule has 4 heterocycles. The molecule has 2 aromatic heterocycles. The van der Waals surface area contributed by atoms with Crippen LogP contribution in [0.25, 0.3) is 10.9 Å². The van der Waals surface area contributed by atoms with E-state index in [9.17, 15) is 90.9 Å². The second kappa shape index (κ2) is 52.2. The number of amides is 15. The zero-order chi connectivity index (χ0) is 96.8. The van der Waals surface area contributed by atoms with E-state index in [2.05, 4.69) is 84.1 Å². The van der Waals surface area contributed by atoms with Crippen LogP contribution in [-0.2, 0) is 106 Å². The number of nitrogens with zero attached hydrogens (tertiary/aromatic N) is 2. The zero-order valence-electron chi connectivity index (χ0n) is 73.6. The van der Waals surface area contributed by atoms with E-state index in [1.54, 1.807) is 98.0 Å². The highest BCUT2D eigenvalue weighted by Crippen LogP contribution is 2.25. The van der Waals surface area contributed by atoms with Gasteiger partial charge in [-0.3, -0.25) is 91.6 Å². The summed E-state index contributed by atoms with van der Waals surface area (Å²) < 4.78 is 27.8. The van der Waals surface area contributed by atoms with E-state index < -0.39 is 266 Å². The number of primary amides is 2. The topological polar surface area (TPSA) is 703 Å². The number of benzene rings is 4. The molecule has 718 valence electrons. The highest BCUT2D eigenvalue weighted by Gasteiger charge is 2.44. The van der Waals surface area contributed by atoms with Crippen LogP contribution in [0.1, 0.15) is 154 Å². The van der Waals surface area contributed by atoms with Crippen molar-refractivity contribution in [3.8, 4) is 0 Å². The number of Topliss-reactive ketones (excluding diaryl/α,β-unsaturated/α-hetero) is 1. The number of aliphatic hydroxyl groups is 3. The van der Waals surface area contributed by atoms with Crippen molar-refractivity contribution in [2.75, 3.05) is 51.7 Å². The molecule has 13 atom stereocenters. The summed E-state index contributed by atoms with van der Waals surface area (Å²) >= 11 is 0. The number of carbonyl (C=O) groups is 17. The van der Waals surface area contributed by atoms with Gasteiger partial charge >= 0.3 is 0 Å². The van der Waals surface area contributed by atoms with E-state index in [0.717, 1.165) is 4.90 Å². The maximum atomic E-state index is 15.3. The quantitative estimate of drug-likeness (QED) is 0.00743. The van der Waals surface area contributed by atoms with Crippen LogP contribution in [0.5, 0.6) is 0 Å². The molecule has 2 fully saturated rings. The molecule has 26 N–H and O–H groups in total. The Labute approximate surface area is 766 Å². The summed E-state index contributed by atoms with van der Waals surface area (Å²) in [6, 6.07) is 12.0. The highest BCUT2D eigenvalue weighted by molar-refractivity contribution is 7.90. The van der Waals surface area contributed by atoms with E-state index in [0.29, 0.717) is 51.6 Å². The largest absolute Gasteiger partial charge is 0.394 e. The standard InChI is InChI=1S/C88H118N22O22S/c1-3-4-22-62(102-85(128)70(48-112)108-83(126)68(40-56-43-94-49-98-56)106-80(123)64(33-34-72(89)115)103-84(127)69(47-111)99-74(117)45-97-73(116)26-16-37-133(131,132)109-77(120)50(2)52-27-29-54(30-28-52)75(118)53-19-9-6-10-20-53)78(121)104-65-32-31-57(113)44-93-35-14-13-24-61(76(90)119)100-82(125)67(39-55-42-96-60-23-12-11-21-59(55)60)105-79(122)63(25-15-36-95-88(91)92)101-81(124)66(38-51-17-7-5-8-18-51)107-86(129)71-41-58(114)46-110(71)87(65)130/h5-12,17-21,23,27-30,42-43,49-50,58,61-71,93,96,111-112,114H,3-4,13-16,22,24-26,31-41,44-48H2,1-2H3,(H2,89,115)(H2,90,119)(H,94,98)(H,97,116)(H,99,117)(H,100,125)(H,101,124)(H,102,128)(H,103,127)(H,104,121)(H,105,122)(H,106,123)(H,107,129)(H,108,126)(H,109,120)(H4,91,92,95)/t50?,58-,61+,62+,63+,64+,65+,66-,67+,68+,69?,70?,71+/m1/s1. The van der Waals surface area contributed by atoms with Crippen LogP contribution in [0.2, 0.25) is 0 Å². The molecule has 3 unspecified atom stereocenters. The van der Waals surface area contributed by atoms with Gasteiger partial charge in [-0.25, -0.2) is 13.4 Å². The molecule has 0 bridgehead atoms. The minimum atomic E-state index is -4.30. The second-order valence-electron chi connectivity index (χ2n) is 32.4. The number of carbonyl (C=O) groups excluding carboxylic acids is 17. The van der Waals surface area contributed by atoms with Gasteiger partial charge in [0, 0.05) is 92.5 Å². The van der Waals surface area contributed by atoms with Crippen molar-refractivity contribution in [3.05, 3.63) is 161 Å². The number of aromatic nitrogens is 3. The first kappa shape index (κ1) is 104. The molecular formula is C88H118N22O22S. The Bertz CT molecular complexity index is 5180. The first-order valence-corrected chi connectivity index (χ1v) is 45.4. The maximum Gasteiger partial charge on any atom is 0.245 e. The Balaban J connectivity index is 0.941. The molecular weight excluding hydrogens is 1750 g/mol. The van der Waals surface area contributed by atoms with Gasteiger partial charge in [0.1, 0.15) is 72.2 Å². The molecule has 2 aliphatic rings. The van der Waals surface area contributed by atoms with E-state index >= 15 is 14.4 Å². The summed E-state index contributed by atoms with van der Waals surface area (Å²) in [4.78, 5) is 249. The molecule has 0 aliphatic carbocycles. The smallest absolute Gasteiger partial charge is 0.245 e. The Morgan fingerprint density at radius 2 is 1.22 bits per heavy atom. The normalized spacial score (nSPS) is 19.3. The predicted octanol–water partition coefficient (Wildman–Crippen LogP) is -4.58. The number of ketones is 2. The van der Waals surface area contributed by atoms with Crippen LogP contribution in [0.15, 0.2) is 128 Å². The molecule has 2 saturated heterocycles. The number of nitrogens with one attached hydrogen (secondary N) is 17. The van der Waals surface area contributed by atoms with Gasteiger partial charge in [-0.15, -0.1) is 0 Å². The molecule has 4 aromatic carbocycles. The number of guanidine groups is 1. The lowest BCUT2D eigenvalue weighted by atomic mass is 9.97. The van der Waals surface area contributed by atoms with Gasteiger partial charge < -0.3 is 117 Å². The molecule has 0 radical (unpaired) electrons. The Kier molecular flexibility index (Phi) is 41.0. The average Bonchev–Trinajstić information content (AvgIpc) is 1.67. The number of para-hydroxylation sites is 1. The summed E-state index contributed by atoms with van der Waals surface area (Å²) in [5.41, 5.74) is 20.0. The third-order valence-electron chi connectivity index (χ3n) is 22.2. The van der Waals surface area contributed by atoms with E-state index in [4.69, 9.17) is 22.6 Å². The molecule has 44 nitrogen and oxygen atoms in total. The van der Waals surface area contributed by atoms with Gasteiger partial charge in [0.2, 0.25) is 98.6 Å². The first-order valence-electron chi connectivity index (χ1n) is 43.7. The number of unbranched alkanes of at least 4 members (excludes halogenated alkanes) is 1. The van der Waals surface area contributed by atoms with Crippen LogP contribution in [0.4, 0.5) is 0 Å². The van der Waals surface area contributed by atoms with Crippen molar-refractivity contribution in [1.82, 2.24) is 93.7 Å². The van der Waals surface area contributed by atoms with Crippen LogP contribution in [0, 0.1) is 5.41 Å². The van der Waals surface area contributed by atoms with Gasteiger partial charge in [0.05, 0.1) is 56.1 Å². The second-order valence-corrected chi connectivity index (χ2v) is 34.3. The Hall–Kier alpha value is -13.9. The number of imidazole rings is 1. The SMILES string of the molecule is CCCC[C@H](NC(=O)C(CO)NC(=O)[C@H](Cc1c[nH]cn1)NC(=O)[C@H](CCC(N)=O)NC(=O)C(CO)NC(=O)CNC(=O)CCCS(=O)(=O)NC(=O)C(C)c1ccc(C(=O)c2ccccc2)cc1)C(=O)N[C@H]1CCC(=O)CNCCCC[C@@H](C(N)=O)NC(=O)[C@H](Cc2c[nH]c3ccccc23)NC(=O)[C@H](CCCNC(=N)N)NC(=O)[C@@H](Cc2ccccc2)NC(=O)[C@@H]2C[C@@H](O)CN2C1=O. The number of aliphatic hydroxyl groups excluding tert-OH is 3. The minimum absolute atomic E-state index is 0.00362. The summed E-state index contributed by atoms with van der Waals surface area (Å²) in [6.07, 6.45) is -0.360. The third-order valence-corrected chi connectivity index (χ3v) is 23.5. The van der Waals surface area contributed by atoms with Crippen LogP contribution < -0.4 is 91.0 Å². The van der Waals surface area contributed by atoms with E-state index in [1.807, 2.05) is 4.72 Å². The fourth-order valence-corrected chi connectivity index (χ4v) is 15.9. The number of rotatable bonds is 41. The first-order chi connectivity index (χ1) is 63.5. The molecule has 0 spiro atoms. The van der Waals surface area contributed by atoms with Crippen LogP contribution in [0.3, 0.4) is 0 Å². The lowest BCUT2D eigenvalue weighted by molar-refractivity contribution is -0.143. The van der Waals surface area contributed by atoms with Gasteiger partial charge in [-0.2, -0.15) is 0 Å². The predicted molar refractivity (Wildman–Crippen MR) is 480 cm³/mol. The molecule has 0 saturated carbocycles. The van der Waals surface area contributed by atoms with Gasteiger partial charge in [0.15, 0.2) is 11.7 Å². The van der Waals surface area contributed by atoms with Crippen molar-refractivity contribution >= 4 is 127 Å². The number of sulfonamides is 1. The van der Waals surface area contributed by atoms with Crippen molar-refractivity contribution in [2.24, 2.45) is 17.2 Å². The lowest BCUT2D eigenvalue weighted by Crippen LogP contribution is -2.61. The van der Waals surface area contributed by atoms with Crippen molar-refractivity contribution in [3.63, 3.8) is 0 Å². The molecule has 6 aromatic rings. The van der Waals surface area contributed by atoms with E-state index in [1.165, 1.54) is 43.7 Å². The summed E-state index contributed by atoms with van der Waals surface area (Å²) in [7, 11) is -4.30. The van der Waals surface area contributed by atoms with Crippen molar-refractivity contribution in [1.29, 1.82) is 5.41 Å². The van der Waals surface area contributed by atoms with Crippen molar-refractivity contribution in [2.45, 2.75) is 208 Å². The lowest BCUT2D eigenvalue weighted by Gasteiger charge is -2.31. The Morgan fingerprint density at radius 3 is 1.88 bits per heavy atom.